The normalized spacial score (nSPS) is 12.3. The topological polar surface area (TPSA) is 105 Å². The minimum absolute atomic E-state index is 0.315. The Morgan fingerprint density at radius 3 is 2.83 bits per heavy atom. The number of nitrogens with one attached hydrogen (secondary N) is 3. The third kappa shape index (κ3) is 10.7. The molecule has 1 aromatic rings. The van der Waals surface area contributed by atoms with Crippen LogP contribution in [0.25, 0.3) is 0 Å². The highest BCUT2D eigenvalue weighted by Crippen LogP contribution is 2.01. The molecule has 8 nitrogen and oxygen atoms in total. The average Bonchev–Trinajstić information content (AvgIpc) is 2.99. The van der Waals surface area contributed by atoms with Crippen molar-refractivity contribution in [3.05, 3.63) is 24.2 Å². The molecule has 0 aliphatic rings. The number of rotatable bonds is 11. The van der Waals surface area contributed by atoms with Crippen molar-refractivity contribution in [2.24, 2.45) is 4.99 Å². The first kappa shape index (κ1) is 19.5. The number of hydrogen-bond acceptors (Lipinski definition) is 5. The lowest BCUT2D eigenvalue weighted by molar-refractivity contribution is 0.105. The maximum atomic E-state index is 11.0. The van der Waals surface area contributed by atoms with Gasteiger partial charge in [0.15, 0.2) is 5.96 Å². The Labute approximate surface area is 137 Å². The molecule has 3 N–H and O–H groups in total. The fourth-order valence-corrected chi connectivity index (χ4v) is 2.16. The Morgan fingerprint density at radius 1 is 1.35 bits per heavy atom. The Morgan fingerprint density at radius 2 is 2.17 bits per heavy atom. The lowest BCUT2D eigenvalue weighted by Gasteiger charge is -2.11. The molecule has 0 saturated heterocycles. The summed E-state index contributed by atoms with van der Waals surface area (Å²) in [7, 11) is -3.15. The van der Waals surface area contributed by atoms with Crippen LogP contribution < -0.4 is 15.4 Å². The van der Waals surface area contributed by atoms with Crippen molar-refractivity contribution in [2.75, 3.05) is 39.0 Å². The predicted octanol–water partition coefficient (Wildman–Crippen LogP) is 0.291. The molecule has 0 fully saturated rings. The summed E-state index contributed by atoms with van der Waals surface area (Å²) in [6.07, 6.45) is 3.55. The predicted molar refractivity (Wildman–Crippen MR) is 89.8 cm³/mol. The fourth-order valence-electron chi connectivity index (χ4n) is 1.68. The summed E-state index contributed by atoms with van der Waals surface area (Å²) in [5, 5.41) is 6.16. The summed E-state index contributed by atoms with van der Waals surface area (Å²) < 4.78 is 35.0. The van der Waals surface area contributed by atoms with Crippen molar-refractivity contribution in [2.45, 2.75) is 20.0 Å². The Hall–Kier alpha value is -1.58. The van der Waals surface area contributed by atoms with E-state index in [4.69, 9.17) is 9.15 Å². The van der Waals surface area contributed by atoms with Crippen LogP contribution in [0.5, 0.6) is 0 Å². The molecule has 1 rings (SSSR count). The molecule has 1 heterocycles. The van der Waals surface area contributed by atoms with Gasteiger partial charge in [0.2, 0.25) is 10.0 Å². The Kier molecular flexibility index (Phi) is 9.34. The molecular formula is C14H26N4O4S. The van der Waals surface area contributed by atoms with Gasteiger partial charge in [0, 0.05) is 32.8 Å². The van der Waals surface area contributed by atoms with Gasteiger partial charge in [0.25, 0.3) is 0 Å². The second-order valence-corrected chi connectivity index (χ2v) is 6.67. The minimum Gasteiger partial charge on any atom is -0.467 e. The summed E-state index contributed by atoms with van der Waals surface area (Å²) in [6, 6.07) is 3.70. The van der Waals surface area contributed by atoms with Crippen LogP contribution >= 0.6 is 0 Å². The number of hydrogen-bond donors (Lipinski definition) is 3. The van der Waals surface area contributed by atoms with Gasteiger partial charge in [-0.2, -0.15) is 0 Å². The summed E-state index contributed by atoms with van der Waals surface area (Å²) in [5.74, 6) is 1.47. The van der Waals surface area contributed by atoms with Crippen molar-refractivity contribution in [3.8, 4) is 0 Å². The number of ether oxygens (including phenoxy) is 1. The molecule has 9 heteroatoms. The van der Waals surface area contributed by atoms with Crippen molar-refractivity contribution >= 4 is 16.0 Å². The summed E-state index contributed by atoms with van der Waals surface area (Å²) in [6.45, 7) is 5.17. The highest BCUT2D eigenvalue weighted by molar-refractivity contribution is 7.88. The van der Waals surface area contributed by atoms with Gasteiger partial charge >= 0.3 is 0 Å². The van der Waals surface area contributed by atoms with Crippen LogP contribution in [0.1, 0.15) is 19.1 Å². The number of furan rings is 1. The molecule has 0 amide bonds. The quantitative estimate of drug-likeness (QED) is 0.302. The maximum absolute atomic E-state index is 11.0. The van der Waals surface area contributed by atoms with E-state index in [0.29, 0.717) is 38.8 Å². The lowest BCUT2D eigenvalue weighted by atomic mass is 10.4. The Balaban J connectivity index is 2.15. The molecule has 0 aliphatic heterocycles. The molecular weight excluding hydrogens is 320 g/mol. The third-order valence-corrected chi connectivity index (χ3v) is 3.40. The standard InChI is InChI=1S/C14H26N4O4S/c1-3-15-14(17-8-9-18-23(2,19)20)16-7-5-10-21-12-13-6-4-11-22-13/h4,6,11,18H,3,5,7-10,12H2,1-2H3,(H2,15,16,17). The highest BCUT2D eigenvalue weighted by atomic mass is 32.2. The van der Waals surface area contributed by atoms with Crippen LogP contribution in [0.2, 0.25) is 0 Å². The number of sulfonamides is 1. The van der Waals surface area contributed by atoms with Crippen molar-refractivity contribution in [1.82, 2.24) is 15.4 Å². The summed E-state index contributed by atoms with van der Waals surface area (Å²) in [5.41, 5.74) is 0. The Bertz CT molecular complexity index is 543. The highest BCUT2D eigenvalue weighted by Gasteiger charge is 2.00. The van der Waals surface area contributed by atoms with E-state index in [1.54, 1.807) is 6.26 Å². The van der Waals surface area contributed by atoms with Gasteiger partial charge in [-0.1, -0.05) is 0 Å². The van der Waals surface area contributed by atoms with E-state index in [1.165, 1.54) is 0 Å². The van der Waals surface area contributed by atoms with Gasteiger partial charge < -0.3 is 19.8 Å². The third-order valence-electron chi connectivity index (χ3n) is 2.67. The molecule has 23 heavy (non-hydrogen) atoms. The van der Waals surface area contributed by atoms with Crippen LogP contribution in [-0.4, -0.2) is 53.4 Å². The lowest BCUT2D eigenvalue weighted by Crippen LogP contribution is -2.41. The zero-order valence-electron chi connectivity index (χ0n) is 13.7. The molecule has 0 aromatic carbocycles. The molecule has 0 radical (unpaired) electrons. The zero-order valence-corrected chi connectivity index (χ0v) is 14.5. The first-order valence-corrected chi connectivity index (χ1v) is 9.47. The van der Waals surface area contributed by atoms with Crippen molar-refractivity contribution in [3.63, 3.8) is 0 Å². The molecule has 0 spiro atoms. The molecule has 1 aromatic heterocycles. The van der Waals surface area contributed by atoms with Crippen LogP contribution in [-0.2, 0) is 21.4 Å². The minimum atomic E-state index is -3.15. The van der Waals surface area contributed by atoms with E-state index in [-0.39, 0.29) is 0 Å². The molecule has 0 unspecified atom stereocenters. The second-order valence-electron chi connectivity index (χ2n) is 4.84. The largest absolute Gasteiger partial charge is 0.467 e. The smallest absolute Gasteiger partial charge is 0.208 e. The average molecular weight is 346 g/mol. The van der Waals surface area contributed by atoms with E-state index in [2.05, 4.69) is 20.3 Å². The first-order chi connectivity index (χ1) is 11.0. The van der Waals surface area contributed by atoms with Crippen molar-refractivity contribution in [1.29, 1.82) is 0 Å². The van der Waals surface area contributed by atoms with Crippen molar-refractivity contribution < 1.29 is 17.6 Å². The van der Waals surface area contributed by atoms with Gasteiger partial charge in [0.1, 0.15) is 12.4 Å². The van der Waals surface area contributed by atoms with E-state index < -0.39 is 10.0 Å². The number of nitrogens with zero attached hydrogens (tertiary/aromatic N) is 1. The van der Waals surface area contributed by atoms with E-state index in [9.17, 15) is 8.42 Å². The van der Waals surface area contributed by atoms with E-state index in [1.807, 2.05) is 19.1 Å². The first-order valence-electron chi connectivity index (χ1n) is 7.58. The molecule has 0 atom stereocenters. The van der Waals surface area contributed by atoms with Gasteiger partial charge in [-0.15, -0.1) is 0 Å². The zero-order chi connectivity index (χ0) is 17.0. The van der Waals surface area contributed by atoms with Crippen LogP contribution in [0.3, 0.4) is 0 Å². The second kappa shape index (κ2) is 11.0. The summed E-state index contributed by atoms with van der Waals surface area (Å²) in [4.78, 5) is 4.40. The summed E-state index contributed by atoms with van der Waals surface area (Å²) >= 11 is 0. The molecule has 0 bridgehead atoms. The monoisotopic (exact) mass is 346 g/mol. The van der Waals surface area contributed by atoms with E-state index >= 15 is 0 Å². The van der Waals surface area contributed by atoms with E-state index in [0.717, 1.165) is 25.0 Å². The molecule has 132 valence electrons. The molecule has 0 saturated carbocycles. The van der Waals surface area contributed by atoms with Crippen LogP contribution in [0.15, 0.2) is 27.8 Å². The SMILES string of the molecule is CCNC(=NCCCOCc1ccco1)NCCNS(C)(=O)=O. The number of guanidine groups is 1. The maximum Gasteiger partial charge on any atom is 0.208 e. The van der Waals surface area contributed by atoms with Gasteiger partial charge in [-0.3, -0.25) is 4.99 Å². The van der Waals surface area contributed by atoms with Gasteiger partial charge in [0.05, 0.1) is 12.5 Å². The van der Waals surface area contributed by atoms with Crippen LogP contribution in [0.4, 0.5) is 0 Å². The van der Waals surface area contributed by atoms with Crippen LogP contribution in [0, 0.1) is 0 Å². The number of aliphatic imine (C=N–C) groups is 1. The fraction of sp³-hybridized carbons (Fsp3) is 0.643. The van der Waals surface area contributed by atoms with Gasteiger partial charge in [-0.25, -0.2) is 13.1 Å². The van der Waals surface area contributed by atoms with Gasteiger partial charge in [-0.05, 0) is 25.5 Å². The molecule has 0 aliphatic carbocycles.